The number of carbonyl (C=O) groups excluding carboxylic acids is 2. The largest absolute Gasteiger partial charge is 0.383 e. The van der Waals surface area contributed by atoms with E-state index in [1.165, 1.54) is 5.57 Å². The van der Waals surface area contributed by atoms with Gasteiger partial charge in [-0.05, 0) is 81.2 Å². The highest BCUT2D eigenvalue weighted by Gasteiger charge is 2.25. The summed E-state index contributed by atoms with van der Waals surface area (Å²) in [5.41, 5.74) is 11.1. The molecular weight excluding hydrogens is 464 g/mol. The SMILES string of the molecule is Cc1ccc2n1C=C(CCCC(=O)N1CCC(c3cnc(N)c(-c4ncccn4)c3)CC1)CCCC2=O. The van der Waals surface area contributed by atoms with Crippen molar-refractivity contribution < 1.29 is 9.59 Å². The Hall–Kier alpha value is -3.81. The van der Waals surface area contributed by atoms with Crippen LogP contribution in [0.3, 0.4) is 0 Å². The van der Waals surface area contributed by atoms with Crippen molar-refractivity contribution in [3.05, 3.63) is 65.4 Å². The number of piperidine rings is 1. The van der Waals surface area contributed by atoms with Crippen LogP contribution in [0.4, 0.5) is 5.82 Å². The lowest BCUT2D eigenvalue weighted by atomic mass is 9.89. The van der Waals surface area contributed by atoms with Crippen molar-refractivity contribution in [3.8, 4) is 11.4 Å². The maximum absolute atomic E-state index is 13.0. The summed E-state index contributed by atoms with van der Waals surface area (Å²) in [6.45, 7) is 3.53. The van der Waals surface area contributed by atoms with E-state index in [-0.39, 0.29) is 11.7 Å². The third kappa shape index (κ3) is 5.63. The van der Waals surface area contributed by atoms with E-state index < -0.39 is 0 Å². The Bertz CT molecular complexity index is 1310. The highest BCUT2D eigenvalue weighted by atomic mass is 16.2. The first kappa shape index (κ1) is 24.9. The summed E-state index contributed by atoms with van der Waals surface area (Å²) in [6.07, 6.45) is 13.8. The van der Waals surface area contributed by atoms with Gasteiger partial charge >= 0.3 is 0 Å². The third-order valence-corrected chi connectivity index (χ3v) is 7.57. The molecule has 0 spiro atoms. The zero-order valence-electron chi connectivity index (χ0n) is 21.4. The monoisotopic (exact) mass is 498 g/mol. The average molecular weight is 499 g/mol. The van der Waals surface area contributed by atoms with Crippen molar-refractivity contribution in [2.75, 3.05) is 18.8 Å². The number of nitrogen functional groups attached to an aromatic ring is 1. The van der Waals surface area contributed by atoms with Gasteiger partial charge in [-0.25, -0.2) is 15.0 Å². The van der Waals surface area contributed by atoms with Gasteiger partial charge in [0.1, 0.15) is 5.82 Å². The van der Waals surface area contributed by atoms with Crippen LogP contribution in [0.5, 0.6) is 0 Å². The lowest BCUT2D eigenvalue weighted by molar-refractivity contribution is -0.132. The van der Waals surface area contributed by atoms with E-state index >= 15 is 0 Å². The number of Topliss-reactive ketones (excluding diaryl/α,β-unsaturated/α-hetero) is 1. The Morgan fingerprint density at radius 1 is 1.11 bits per heavy atom. The molecule has 3 aromatic rings. The van der Waals surface area contributed by atoms with Crippen LogP contribution in [0.2, 0.25) is 0 Å². The molecule has 1 amide bonds. The number of rotatable bonds is 6. The van der Waals surface area contributed by atoms with E-state index in [9.17, 15) is 9.59 Å². The van der Waals surface area contributed by atoms with E-state index in [0.29, 0.717) is 30.4 Å². The maximum atomic E-state index is 13.0. The maximum Gasteiger partial charge on any atom is 0.222 e. The Morgan fingerprint density at radius 3 is 2.68 bits per heavy atom. The number of likely N-dealkylation sites (tertiary alicyclic amines) is 1. The van der Waals surface area contributed by atoms with Crippen LogP contribution in [0, 0.1) is 6.92 Å². The van der Waals surface area contributed by atoms with Crippen molar-refractivity contribution in [2.24, 2.45) is 0 Å². The minimum atomic E-state index is 0.210. The lowest BCUT2D eigenvalue weighted by Crippen LogP contribution is -2.37. The molecule has 8 nitrogen and oxygen atoms in total. The number of aromatic nitrogens is 4. The number of anilines is 1. The van der Waals surface area contributed by atoms with E-state index in [1.54, 1.807) is 18.5 Å². The molecule has 0 unspecified atom stereocenters. The normalized spacial score (nSPS) is 16.6. The van der Waals surface area contributed by atoms with Gasteiger partial charge in [-0.2, -0.15) is 0 Å². The average Bonchev–Trinajstić information content (AvgIpc) is 3.27. The van der Waals surface area contributed by atoms with Gasteiger partial charge in [0.25, 0.3) is 0 Å². The first-order chi connectivity index (χ1) is 18.0. The predicted molar refractivity (Wildman–Crippen MR) is 144 cm³/mol. The fraction of sp³-hybridized carbons (Fsp3) is 0.414. The molecule has 3 aromatic heterocycles. The molecule has 1 saturated heterocycles. The van der Waals surface area contributed by atoms with Crippen molar-refractivity contribution >= 4 is 23.7 Å². The molecule has 37 heavy (non-hydrogen) atoms. The van der Waals surface area contributed by atoms with Crippen LogP contribution in [-0.4, -0.2) is 49.2 Å². The van der Waals surface area contributed by atoms with Gasteiger partial charge in [0, 0.05) is 56.4 Å². The summed E-state index contributed by atoms with van der Waals surface area (Å²) in [6, 6.07) is 7.74. The summed E-state index contributed by atoms with van der Waals surface area (Å²) in [5, 5.41) is 0. The number of nitrogens with two attached hydrogens (primary N) is 1. The Kier molecular flexibility index (Phi) is 7.44. The topological polar surface area (TPSA) is 107 Å². The van der Waals surface area contributed by atoms with Gasteiger partial charge in [0.15, 0.2) is 11.6 Å². The molecule has 8 heteroatoms. The van der Waals surface area contributed by atoms with Crippen molar-refractivity contribution in [2.45, 2.75) is 64.2 Å². The van der Waals surface area contributed by atoms with Gasteiger partial charge in [0.05, 0.1) is 11.3 Å². The van der Waals surface area contributed by atoms with Gasteiger partial charge < -0.3 is 15.2 Å². The number of fused-ring (bicyclic) bond motifs is 1. The molecule has 2 aliphatic rings. The number of carbonyl (C=O) groups is 2. The standard InChI is InChI=1S/C29H34N6O2/c1-20-9-10-25-26(36)7-2-5-21(19-35(20)25)6-3-8-27(37)34-15-11-22(12-16-34)23-17-24(28(30)33-18-23)29-31-13-4-14-32-29/h4,9-10,13-14,17-19,22H,2-3,5-8,11-12,15-16H2,1H3,(H2,30,33). The first-order valence-electron chi connectivity index (χ1n) is 13.2. The van der Waals surface area contributed by atoms with Gasteiger partial charge in [-0.15, -0.1) is 0 Å². The smallest absolute Gasteiger partial charge is 0.222 e. The highest BCUT2D eigenvalue weighted by Crippen LogP contribution is 2.32. The minimum absolute atomic E-state index is 0.210. The molecule has 2 N–H and O–H groups in total. The second-order valence-corrected chi connectivity index (χ2v) is 10.1. The van der Waals surface area contributed by atoms with E-state index in [0.717, 1.165) is 74.1 Å². The summed E-state index contributed by atoms with van der Waals surface area (Å²) in [4.78, 5) is 40.3. The molecule has 1 fully saturated rings. The summed E-state index contributed by atoms with van der Waals surface area (Å²) in [5.74, 6) is 1.78. The molecule has 0 radical (unpaired) electrons. The Morgan fingerprint density at radius 2 is 1.89 bits per heavy atom. The van der Waals surface area contributed by atoms with Gasteiger partial charge in [-0.3, -0.25) is 9.59 Å². The molecule has 0 atom stereocenters. The third-order valence-electron chi connectivity index (χ3n) is 7.57. The van der Waals surface area contributed by atoms with E-state index in [1.807, 2.05) is 40.8 Å². The Balaban J connectivity index is 1.14. The molecule has 5 heterocycles. The number of allylic oxidation sites excluding steroid dienone is 1. The molecule has 0 saturated carbocycles. The van der Waals surface area contributed by atoms with Crippen LogP contribution >= 0.6 is 0 Å². The fourth-order valence-corrected chi connectivity index (χ4v) is 5.41. The number of nitrogens with zero attached hydrogens (tertiary/aromatic N) is 5. The number of pyridine rings is 1. The molecule has 0 aliphatic carbocycles. The van der Waals surface area contributed by atoms with Gasteiger partial charge in [-0.1, -0.05) is 5.57 Å². The van der Waals surface area contributed by atoms with Crippen LogP contribution in [0.15, 0.2) is 48.4 Å². The number of amides is 1. The summed E-state index contributed by atoms with van der Waals surface area (Å²) >= 11 is 0. The highest BCUT2D eigenvalue weighted by molar-refractivity contribution is 5.95. The zero-order valence-corrected chi connectivity index (χ0v) is 21.4. The molecule has 2 aliphatic heterocycles. The van der Waals surface area contributed by atoms with E-state index in [2.05, 4.69) is 21.2 Å². The van der Waals surface area contributed by atoms with Crippen LogP contribution in [0.25, 0.3) is 17.6 Å². The van der Waals surface area contributed by atoms with Crippen molar-refractivity contribution in [1.29, 1.82) is 0 Å². The summed E-state index contributed by atoms with van der Waals surface area (Å²) in [7, 11) is 0. The second kappa shape index (κ2) is 11.1. The number of aryl methyl sites for hydroxylation is 1. The van der Waals surface area contributed by atoms with Crippen LogP contribution in [-0.2, 0) is 4.79 Å². The minimum Gasteiger partial charge on any atom is -0.383 e. The van der Waals surface area contributed by atoms with Gasteiger partial charge in [0.2, 0.25) is 5.91 Å². The summed E-state index contributed by atoms with van der Waals surface area (Å²) < 4.78 is 2.02. The Labute approximate surface area is 217 Å². The number of hydrogen-bond acceptors (Lipinski definition) is 6. The van der Waals surface area contributed by atoms with Crippen molar-refractivity contribution in [1.82, 2.24) is 24.4 Å². The molecule has 192 valence electrons. The molecule has 0 bridgehead atoms. The quantitative estimate of drug-likeness (QED) is 0.512. The molecule has 0 aromatic carbocycles. The molecule has 5 rings (SSSR count). The number of hydrogen-bond donors (Lipinski definition) is 1. The second-order valence-electron chi connectivity index (χ2n) is 10.1. The zero-order chi connectivity index (χ0) is 25.8. The number of ketones is 1. The van der Waals surface area contributed by atoms with E-state index in [4.69, 9.17) is 5.73 Å². The molecular formula is C29H34N6O2. The van der Waals surface area contributed by atoms with Crippen LogP contribution in [0.1, 0.15) is 79.0 Å². The fourth-order valence-electron chi connectivity index (χ4n) is 5.41. The first-order valence-corrected chi connectivity index (χ1v) is 13.2. The predicted octanol–water partition coefficient (Wildman–Crippen LogP) is 5.01. The van der Waals surface area contributed by atoms with Crippen LogP contribution < -0.4 is 5.73 Å². The lowest BCUT2D eigenvalue weighted by Gasteiger charge is -2.32. The van der Waals surface area contributed by atoms with Crippen molar-refractivity contribution in [3.63, 3.8) is 0 Å².